The van der Waals surface area contributed by atoms with Crippen molar-refractivity contribution in [3.63, 3.8) is 0 Å². The molecule has 0 fully saturated rings. The van der Waals surface area contributed by atoms with E-state index in [9.17, 15) is 9.59 Å². The maximum atomic E-state index is 12.2. The van der Waals surface area contributed by atoms with Crippen molar-refractivity contribution in [3.05, 3.63) is 16.0 Å². The average Bonchev–Trinajstić information content (AvgIpc) is 2.99. The van der Waals surface area contributed by atoms with Crippen molar-refractivity contribution in [1.29, 1.82) is 0 Å². The lowest BCUT2D eigenvalue weighted by atomic mass is 10.1. The van der Waals surface area contributed by atoms with Gasteiger partial charge in [0.15, 0.2) is 0 Å². The fourth-order valence-corrected chi connectivity index (χ4v) is 3.81. The fourth-order valence-electron chi connectivity index (χ4n) is 2.53. The van der Waals surface area contributed by atoms with Gasteiger partial charge in [-0.15, -0.1) is 11.3 Å². The van der Waals surface area contributed by atoms with E-state index in [-0.39, 0.29) is 17.8 Å². The number of rotatable bonds is 6. The standard InChI is InChI=1S/C15H22N2O3S/c1-3-20-15(19)12-10-5-4-6-11(10)21-14(12)17-13(18)9(2)7-8-16/h9H,3-8,16H2,1-2H3,(H,17,18). The summed E-state index contributed by atoms with van der Waals surface area (Å²) >= 11 is 1.50. The molecule has 0 spiro atoms. The molecule has 0 aliphatic heterocycles. The van der Waals surface area contributed by atoms with E-state index < -0.39 is 0 Å². The summed E-state index contributed by atoms with van der Waals surface area (Å²) < 4.78 is 5.14. The molecule has 2 rings (SSSR count). The van der Waals surface area contributed by atoms with E-state index in [0.717, 1.165) is 24.8 Å². The van der Waals surface area contributed by atoms with Crippen LogP contribution >= 0.6 is 11.3 Å². The van der Waals surface area contributed by atoms with Crippen molar-refractivity contribution < 1.29 is 14.3 Å². The zero-order valence-corrected chi connectivity index (χ0v) is 13.3. The predicted molar refractivity (Wildman–Crippen MR) is 83.8 cm³/mol. The van der Waals surface area contributed by atoms with Gasteiger partial charge in [-0.3, -0.25) is 4.79 Å². The van der Waals surface area contributed by atoms with Gasteiger partial charge in [0.2, 0.25) is 5.91 Å². The molecule has 0 saturated heterocycles. The van der Waals surface area contributed by atoms with Gasteiger partial charge in [0, 0.05) is 10.8 Å². The van der Waals surface area contributed by atoms with Gasteiger partial charge in [-0.1, -0.05) is 6.92 Å². The Morgan fingerprint density at radius 1 is 1.43 bits per heavy atom. The van der Waals surface area contributed by atoms with Crippen LogP contribution in [0, 0.1) is 5.92 Å². The number of anilines is 1. The fraction of sp³-hybridized carbons (Fsp3) is 0.600. The number of amides is 1. The van der Waals surface area contributed by atoms with Gasteiger partial charge in [0.1, 0.15) is 5.00 Å². The number of hydrogen-bond donors (Lipinski definition) is 2. The second kappa shape index (κ2) is 7.04. The smallest absolute Gasteiger partial charge is 0.341 e. The van der Waals surface area contributed by atoms with Gasteiger partial charge >= 0.3 is 5.97 Å². The molecular formula is C15H22N2O3S. The normalized spacial score (nSPS) is 14.6. The third-order valence-corrected chi connectivity index (χ3v) is 4.89. The van der Waals surface area contributed by atoms with Gasteiger partial charge in [-0.2, -0.15) is 0 Å². The summed E-state index contributed by atoms with van der Waals surface area (Å²) in [7, 11) is 0. The molecule has 1 aromatic rings. The molecule has 1 heterocycles. The van der Waals surface area contributed by atoms with Crippen LogP contribution in [0.1, 0.15) is 47.5 Å². The zero-order valence-electron chi connectivity index (χ0n) is 12.5. The summed E-state index contributed by atoms with van der Waals surface area (Å²) in [6.45, 7) is 4.43. The predicted octanol–water partition coefficient (Wildman–Crippen LogP) is 2.34. The summed E-state index contributed by atoms with van der Waals surface area (Å²) in [5.74, 6) is -0.591. The van der Waals surface area contributed by atoms with Crippen molar-refractivity contribution in [2.24, 2.45) is 11.7 Å². The maximum Gasteiger partial charge on any atom is 0.341 e. The van der Waals surface area contributed by atoms with E-state index in [1.807, 2.05) is 6.92 Å². The van der Waals surface area contributed by atoms with Crippen LogP contribution < -0.4 is 11.1 Å². The second-order valence-corrected chi connectivity index (χ2v) is 6.35. The number of nitrogens with two attached hydrogens (primary N) is 1. The van der Waals surface area contributed by atoms with Crippen LogP contribution in [0.3, 0.4) is 0 Å². The number of ether oxygens (including phenoxy) is 1. The zero-order chi connectivity index (χ0) is 15.4. The Morgan fingerprint density at radius 2 is 2.19 bits per heavy atom. The molecule has 0 bridgehead atoms. The van der Waals surface area contributed by atoms with Crippen molar-refractivity contribution in [2.75, 3.05) is 18.5 Å². The van der Waals surface area contributed by atoms with E-state index in [0.29, 0.717) is 30.1 Å². The quantitative estimate of drug-likeness (QED) is 0.790. The number of thiophene rings is 1. The van der Waals surface area contributed by atoms with Gasteiger partial charge in [-0.05, 0) is 44.7 Å². The summed E-state index contributed by atoms with van der Waals surface area (Å²) in [6.07, 6.45) is 3.55. The SMILES string of the molecule is CCOC(=O)c1c(NC(=O)C(C)CCN)sc2c1CCC2. The van der Waals surface area contributed by atoms with Gasteiger partial charge < -0.3 is 15.8 Å². The minimum atomic E-state index is -0.335. The van der Waals surface area contributed by atoms with Crippen LogP contribution in [0.25, 0.3) is 0 Å². The first-order chi connectivity index (χ1) is 10.1. The van der Waals surface area contributed by atoms with Gasteiger partial charge in [0.05, 0.1) is 12.2 Å². The molecule has 6 heteroatoms. The van der Waals surface area contributed by atoms with Crippen LogP contribution in [-0.4, -0.2) is 25.0 Å². The number of hydrogen-bond acceptors (Lipinski definition) is 5. The number of carbonyl (C=O) groups is 2. The molecule has 1 amide bonds. The third kappa shape index (κ3) is 3.44. The Balaban J connectivity index is 2.23. The highest BCUT2D eigenvalue weighted by atomic mass is 32.1. The largest absolute Gasteiger partial charge is 0.462 e. The molecule has 0 aromatic carbocycles. The van der Waals surface area contributed by atoms with Crippen LogP contribution in [0.2, 0.25) is 0 Å². The molecule has 3 N–H and O–H groups in total. The number of nitrogens with one attached hydrogen (secondary N) is 1. The first kappa shape index (κ1) is 16.0. The molecule has 1 aliphatic rings. The van der Waals surface area contributed by atoms with Crippen molar-refractivity contribution in [2.45, 2.75) is 39.5 Å². The molecule has 0 saturated carbocycles. The third-order valence-electron chi connectivity index (χ3n) is 3.68. The van der Waals surface area contributed by atoms with Gasteiger partial charge in [-0.25, -0.2) is 4.79 Å². The Kier molecular flexibility index (Phi) is 5.36. The topological polar surface area (TPSA) is 81.4 Å². The molecule has 1 aliphatic carbocycles. The molecular weight excluding hydrogens is 288 g/mol. The lowest BCUT2D eigenvalue weighted by Gasteiger charge is -2.11. The lowest BCUT2D eigenvalue weighted by Crippen LogP contribution is -2.23. The summed E-state index contributed by atoms with van der Waals surface area (Å²) in [5.41, 5.74) is 7.10. The van der Waals surface area contributed by atoms with Crippen molar-refractivity contribution in [1.82, 2.24) is 0 Å². The highest BCUT2D eigenvalue weighted by Gasteiger charge is 2.28. The van der Waals surface area contributed by atoms with Crippen molar-refractivity contribution >= 4 is 28.2 Å². The first-order valence-corrected chi connectivity index (χ1v) is 8.22. The van der Waals surface area contributed by atoms with E-state index in [2.05, 4.69) is 5.32 Å². The molecule has 21 heavy (non-hydrogen) atoms. The Hall–Kier alpha value is -1.40. The lowest BCUT2D eigenvalue weighted by molar-refractivity contribution is -0.119. The van der Waals surface area contributed by atoms with Crippen LogP contribution in [0.15, 0.2) is 0 Å². The van der Waals surface area contributed by atoms with Crippen LogP contribution in [0.4, 0.5) is 5.00 Å². The Morgan fingerprint density at radius 3 is 2.86 bits per heavy atom. The first-order valence-electron chi connectivity index (χ1n) is 7.41. The molecule has 1 unspecified atom stereocenters. The van der Waals surface area contributed by atoms with E-state index in [1.54, 1.807) is 6.92 Å². The molecule has 0 radical (unpaired) electrons. The number of fused-ring (bicyclic) bond motifs is 1. The summed E-state index contributed by atoms with van der Waals surface area (Å²) in [6, 6.07) is 0. The minimum Gasteiger partial charge on any atom is -0.462 e. The average molecular weight is 310 g/mol. The Bertz CT molecular complexity index is 539. The van der Waals surface area contributed by atoms with E-state index >= 15 is 0 Å². The highest BCUT2D eigenvalue weighted by molar-refractivity contribution is 7.17. The van der Waals surface area contributed by atoms with Crippen LogP contribution in [0.5, 0.6) is 0 Å². The maximum absolute atomic E-state index is 12.2. The van der Waals surface area contributed by atoms with Crippen LogP contribution in [-0.2, 0) is 22.4 Å². The minimum absolute atomic E-state index is 0.0917. The summed E-state index contributed by atoms with van der Waals surface area (Å²) in [5, 5.41) is 3.52. The second-order valence-electron chi connectivity index (χ2n) is 5.25. The van der Waals surface area contributed by atoms with E-state index in [1.165, 1.54) is 16.2 Å². The summed E-state index contributed by atoms with van der Waals surface area (Å²) in [4.78, 5) is 25.5. The Labute approximate surface area is 128 Å². The van der Waals surface area contributed by atoms with E-state index in [4.69, 9.17) is 10.5 Å². The monoisotopic (exact) mass is 310 g/mol. The van der Waals surface area contributed by atoms with Crippen molar-refractivity contribution in [3.8, 4) is 0 Å². The molecule has 5 nitrogen and oxygen atoms in total. The molecule has 1 atom stereocenters. The number of esters is 1. The number of carbonyl (C=O) groups excluding carboxylic acids is 2. The van der Waals surface area contributed by atoms with Gasteiger partial charge in [0.25, 0.3) is 0 Å². The molecule has 116 valence electrons. The molecule has 1 aromatic heterocycles. The number of aryl methyl sites for hydroxylation is 1. The highest BCUT2D eigenvalue weighted by Crippen LogP contribution is 2.39.